The first-order valence-corrected chi connectivity index (χ1v) is 8.13. The number of thioether (sulfide) groups is 1. The summed E-state index contributed by atoms with van der Waals surface area (Å²) < 4.78 is 5.21. The molecular formula is C14H27NO2S. The molecule has 0 aromatic rings. The quantitative estimate of drug-likeness (QED) is 0.655. The first-order valence-electron chi connectivity index (χ1n) is 7.08. The molecule has 3 nitrogen and oxygen atoms in total. The zero-order valence-corrected chi connectivity index (χ0v) is 12.9. The van der Waals surface area contributed by atoms with Gasteiger partial charge in [0.1, 0.15) is 5.54 Å². The summed E-state index contributed by atoms with van der Waals surface area (Å²) in [5.41, 5.74) is -0.502. The van der Waals surface area contributed by atoms with Crippen LogP contribution in [0.2, 0.25) is 0 Å². The average molecular weight is 273 g/mol. The second-order valence-electron chi connectivity index (χ2n) is 5.31. The van der Waals surface area contributed by atoms with Crippen LogP contribution in [0.3, 0.4) is 0 Å². The largest absolute Gasteiger partial charge is 0.465 e. The predicted molar refractivity (Wildman–Crippen MR) is 78.0 cm³/mol. The lowest BCUT2D eigenvalue weighted by Gasteiger charge is -2.29. The van der Waals surface area contributed by atoms with Gasteiger partial charge >= 0.3 is 5.97 Å². The number of rotatable bonds is 9. The van der Waals surface area contributed by atoms with E-state index >= 15 is 0 Å². The second-order valence-corrected chi connectivity index (χ2v) is 6.86. The summed E-state index contributed by atoms with van der Waals surface area (Å²) in [6.07, 6.45) is 4.40. The maximum absolute atomic E-state index is 12.1. The Morgan fingerprint density at radius 3 is 2.67 bits per heavy atom. The smallest absolute Gasteiger partial charge is 0.326 e. The zero-order chi connectivity index (χ0) is 13.6. The Morgan fingerprint density at radius 1 is 1.50 bits per heavy atom. The van der Waals surface area contributed by atoms with Crippen LogP contribution in [0.25, 0.3) is 0 Å². The molecule has 0 radical (unpaired) electrons. The van der Waals surface area contributed by atoms with Crippen LogP contribution in [0.1, 0.15) is 53.4 Å². The monoisotopic (exact) mass is 273 g/mol. The number of carbonyl (C=O) groups is 1. The molecule has 4 heteroatoms. The van der Waals surface area contributed by atoms with Crippen molar-refractivity contribution in [3.05, 3.63) is 0 Å². The van der Waals surface area contributed by atoms with Crippen molar-refractivity contribution in [1.82, 2.24) is 5.32 Å². The van der Waals surface area contributed by atoms with Crippen molar-refractivity contribution in [2.45, 2.75) is 70.2 Å². The fourth-order valence-electron chi connectivity index (χ4n) is 1.78. The van der Waals surface area contributed by atoms with Gasteiger partial charge in [-0.05, 0) is 45.3 Å². The summed E-state index contributed by atoms with van der Waals surface area (Å²) in [5, 5.41) is 4.12. The Kier molecular flexibility index (Phi) is 6.50. The van der Waals surface area contributed by atoms with Crippen molar-refractivity contribution in [2.75, 3.05) is 12.4 Å². The third kappa shape index (κ3) is 5.19. The van der Waals surface area contributed by atoms with E-state index in [4.69, 9.17) is 4.74 Å². The Labute approximate surface area is 115 Å². The lowest BCUT2D eigenvalue weighted by molar-refractivity contribution is -0.150. The molecule has 1 N–H and O–H groups in total. The first-order chi connectivity index (χ1) is 8.51. The molecule has 18 heavy (non-hydrogen) atoms. The van der Waals surface area contributed by atoms with Crippen LogP contribution in [0.5, 0.6) is 0 Å². The molecule has 1 rings (SSSR count). The standard InChI is InChI=1S/C14H27NO2S/c1-5-11(3)18-10-9-14(4,13(16)17-6-2)15-12-7-8-12/h11-12,15H,5-10H2,1-4H3. The highest BCUT2D eigenvalue weighted by molar-refractivity contribution is 7.99. The van der Waals surface area contributed by atoms with Crippen LogP contribution in [-0.4, -0.2) is 35.2 Å². The zero-order valence-electron chi connectivity index (χ0n) is 12.1. The van der Waals surface area contributed by atoms with E-state index in [0.717, 1.165) is 12.2 Å². The van der Waals surface area contributed by atoms with Gasteiger partial charge in [0, 0.05) is 11.3 Å². The second kappa shape index (κ2) is 7.39. The van der Waals surface area contributed by atoms with E-state index in [1.165, 1.54) is 19.3 Å². The molecule has 0 aliphatic heterocycles. The third-order valence-corrected chi connectivity index (χ3v) is 4.75. The highest BCUT2D eigenvalue weighted by atomic mass is 32.2. The van der Waals surface area contributed by atoms with Gasteiger partial charge in [-0.15, -0.1) is 0 Å². The molecule has 106 valence electrons. The number of carbonyl (C=O) groups excluding carboxylic acids is 1. The lowest BCUT2D eigenvalue weighted by Crippen LogP contribution is -2.52. The lowest BCUT2D eigenvalue weighted by atomic mass is 9.99. The van der Waals surface area contributed by atoms with Crippen molar-refractivity contribution in [3.8, 4) is 0 Å². The van der Waals surface area contributed by atoms with Crippen LogP contribution >= 0.6 is 11.8 Å². The fraction of sp³-hybridized carbons (Fsp3) is 0.929. The van der Waals surface area contributed by atoms with Gasteiger partial charge in [-0.2, -0.15) is 11.8 Å². The molecule has 2 unspecified atom stereocenters. The summed E-state index contributed by atoms with van der Waals surface area (Å²) in [4.78, 5) is 12.1. The molecule has 2 atom stereocenters. The number of hydrogen-bond donors (Lipinski definition) is 1. The van der Waals surface area contributed by atoms with E-state index in [-0.39, 0.29) is 5.97 Å². The minimum atomic E-state index is -0.502. The summed E-state index contributed by atoms with van der Waals surface area (Å²) in [6, 6.07) is 0.521. The average Bonchev–Trinajstić information content (AvgIpc) is 3.12. The fourth-order valence-corrected chi connectivity index (χ4v) is 2.95. The Morgan fingerprint density at radius 2 is 2.17 bits per heavy atom. The minimum Gasteiger partial charge on any atom is -0.465 e. The molecular weight excluding hydrogens is 246 g/mol. The van der Waals surface area contributed by atoms with Crippen LogP contribution in [0, 0.1) is 0 Å². The highest BCUT2D eigenvalue weighted by Crippen LogP contribution is 2.27. The molecule has 1 fully saturated rings. The molecule has 1 saturated carbocycles. The maximum Gasteiger partial charge on any atom is 0.326 e. The van der Waals surface area contributed by atoms with Gasteiger partial charge in [0.15, 0.2) is 0 Å². The van der Waals surface area contributed by atoms with E-state index in [1.807, 2.05) is 25.6 Å². The highest BCUT2D eigenvalue weighted by Gasteiger charge is 2.39. The van der Waals surface area contributed by atoms with Gasteiger partial charge in [-0.1, -0.05) is 13.8 Å². The maximum atomic E-state index is 12.1. The molecule has 0 amide bonds. The Hall–Kier alpha value is -0.220. The number of ether oxygens (including phenoxy) is 1. The molecule has 1 aliphatic rings. The van der Waals surface area contributed by atoms with Crippen LogP contribution in [0.15, 0.2) is 0 Å². The van der Waals surface area contributed by atoms with Crippen molar-refractivity contribution < 1.29 is 9.53 Å². The predicted octanol–water partition coefficient (Wildman–Crippen LogP) is 2.98. The van der Waals surface area contributed by atoms with Gasteiger partial charge in [0.25, 0.3) is 0 Å². The van der Waals surface area contributed by atoms with Crippen molar-refractivity contribution in [3.63, 3.8) is 0 Å². The van der Waals surface area contributed by atoms with Crippen molar-refractivity contribution >= 4 is 17.7 Å². The van der Waals surface area contributed by atoms with Crippen LogP contribution in [0.4, 0.5) is 0 Å². The molecule has 0 saturated heterocycles. The van der Waals surface area contributed by atoms with Gasteiger partial charge < -0.3 is 4.74 Å². The van der Waals surface area contributed by atoms with Crippen molar-refractivity contribution in [2.24, 2.45) is 0 Å². The van der Waals surface area contributed by atoms with E-state index in [2.05, 4.69) is 19.2 Å². The van der Waals surface area contributed by atoms with E-state index in [9.17, 15) is 4.79 Å². The summed E-state index contributed by atoms with van der Waals surface area (Å²) >= 11 is 1.94. The number of hydrogen-bond acceptors (Lipinski definition) is 4. The Balaban J connectivity index is 2.45. The summed E-state index contributed by atoms with van der Waals surface area (Å²) in [6.45, 7) is 8.74. The summed E-state index contributed by atoms with van der Waals surface area (Å²) in [5.74, 6) is 0.908. The normalized spacial score (nSPS) is 20.2. The third-order valence-electron chi connectivity index (χ3n) is 3.41. The topological polar surface area (TPSA) is 38.3 Å². The van der Waals surface area contributed by atoms with E-state index in [0.29, 0.717) is 17.9 Å². The first kappa shape index (κ1) is 15.8. The Bertz CT molecular complexity index is 269. The van der Waals surface area contributed by atoms with Gasteiger partial charge in [0.2, 0.25) is 0 Å². The minimum absolute atomic E-state index is 0.0957. The summed E-state index contributed by atoms with van der Waals surface area (Å²) in [7, 11) is 0. The van der Waals surface area contributed by atoms with Crippen molar-refractivity contribution in [1.29, 1.82) is 0 Å². The van der Waals surface area contributed by atoms with Crippen LogP contribution < -0.4 is 5.32 Å². The molecule has 0 heterocycles. The van der Waals surface area contributed by atoms with E-state index in [1.54, 1.807) is 0 Å². The van der Waals surface area contributed by atoms with Gasteiger partial charge in [-0.25, -0.2) is 0 Å². The van der Waals surface area contributed by atoms with Crippen LogP contribution in [-0.2, 0) is 9.53 Å². The van der Waals surface area contributed by atoms with Gasteiger partial charge in [0.05, 0.1) is 6.61 Å². The number of nitrogens with one attached hydrogen (secondary N) is 1. The molecule has 0 bridgehead atoms. The van der Waals surface area contributed by atoms with Gasteiger partial charge in [-0.3, -0.25) is 10.1 Å². The number of esters is 1. The SMILES string of the molecule is CCOC(=O)C(C)(CCSC(C)CC)NC1CC1. The molecule has 0 aromatic carbocycles. The van der Waals surface area contributed by atoms with E-state index < -0.39 is 5.54 Å². The molecule has 0 spiro atoms. The molecule has 0 aromatic heterocycles. The molecule has 1 aliphatic carbocycles.